The highest BCUT2D eigenvalue weighted by Crippen LogP contribution is 2.52. The third kappa shape index (κ3) is 6.39. The monoisotopic (exact) mass is 732 g/mol. The largest absolute Gasteiger partial charge is 0.464 e. The molecule has 14 nitrogen and oxygen atoms in total. The summed E-state index contributed by atoms with van der Waals surface area (Å²) >= 11 is 0. The van der Waals surface area contributed by atoms with E-state index in [4.69, 9.17) is 9.47 Å². The molecule has 294 valence electrons. The van der Waals surface area contributed by atoms with Crippen LogP contribution in [0.3, 0.4) is 0 Å². The Labute approximate surface area is 310 Å². The molecule has 0 saturated carbocycles. The average Bonchev–Trinajstić information content (AvgIpc) is 3.49. The minimum Gasteiger partial charge on any atom is -0.464 e. The third-order valence-electron chi connectivity index (χ3n) is 14.8. The fourth-order valence-electron chi connectivity index (χ4n) is 9.76. The van der Waals surface area contributed by atoms with Gasteiger partial charge in [0, 0.05) is 34.0 Å². The molecule has 0 radical (unpaired) electrons. The van der Waals surface area contributed by atoms with Gasteiger partial charge in [0.05, 0.1) is 13.2 Å². The highest BCUT2D eigenvalue weighted by molar-refractivity contribution is 6.10. The van der Waals surface area contributed by atoms with Crippen LogP contribution in [0.25, 0.3) is 0 Å². The van der Waals surface area contributed by atoms with Crippen molar-refractivity contribution in [3.63, 3.8) is 0 Å². The maximum Gasteiger partial charge on any atom is 0.326 e. The Morgan fingerprint density at radius 1 is 0.635 bits per heavy atom. The molecule has 0 aromatic rings. The smallest absolute Gasteiger partial charge is 0.326 e. The van der Waals surface area contributed by atoms with Crippen LogP contribution in [0, 0.1) is 11.8 Å². The summed E-state index contributed by atoms with van der Waals surface area (Å²) in [5.41, 5.74) is -3.63. The van der Waals surface area contributed by atoms with Crippen molar-refractivity contribution in [2.24, 2.45) is 11.8 Å². The van der Waals surface area contributed by atoms with Gasteiger partial charge in [-0.3, -0.25) is 38.8 Å². The van der Waals surface area contributed by atoms with Gasteiger partial charge in [0.25, 0.3) is 11.8 Å². The normalized spacial score (nSPS) is 38.3. The van der Waals surface area contributed by atoms with Gasteiger partial charge in [-0.05, 0) is 93.2 Å². The van der Waals surface area contributed by atoms with Gasteiger partial charge in [-0.15, -0.1) is 0 Å². The number of rotatable bonds is 13. The zero-order valence-electron chi connectivity index (χ0n) is 33.7. The van der Waals surface area contributed by atoms with Crippen LogP contribution in [0.2, 0.25) is 0 Å². The molecule has 4 aliphatic heterocycles. The molecule has 4 heterocycles. The molecule has 4 aliphatic rings. The molecule has 6 amide bonds. The van der Waals surface area contributed by atoms with Crippen molar-refractivity contribution in [1.29, 1.82) is 0 Å². The van der Waals surface area contributed by atoms with Crippen molar-refractivity contribution in [3.8, 4) is 0 Å². The fraction of sp³-hybridized carbons (Fsp3) is 0.842. The van der Waals surface area contributed by atoms with Crippen molar-refractivity contribution >= 4 is 35.8 Å². The van der Waals surface area contributed by atoms with Gasteiger partial charge < -0.3 is 20.1 Å². The van der Waals surface area contributed by atoms with Crippen molar-refractivity contribution in [3.05, 3.63) is 0 Å². The molecule has 2 spiro atoms. The molecular formula is C38H64N6O8. The lowest BCUT2D eigenvalue weighted by Crippen LogP contribution is -2.74. The van der Waals surface area contributed by atoms with Crippen LogP contribution in [0.4, 0.5) is 9.59 Å². The third-order valence-corrected chi connectivity index (χ3v) is 14.8. The van der Waals surface area contributed by atoms with Crippen molar-refractivity contribution < 1.29 is 38.2 Å². The van der Waals surface area contributed by atoms with E-state index in [-0.39, 0.29) is 47.2 Å². The Hall–Kier alpha value is -3.26. The second kappa shape index (κ2) is 14.5. The molecule has 8 atom stereocenters. The van der Waals surface area contributed by atoms with Crippen molar-refractivity contribution in [2.75, 3.05) is 40.4 Å². The van der Waals surface area contributed by atoms with Gasteiger partial charge in [-0.25, -0.2) is 9.59 Å². The number of hydrogen-bond acceptors (Lipinski definition) is 10. The highest BCUT2D eigenvalue weighted by Gasteiger charge is 2.67. The maximum absolute atomic E-state index is 13.9. The van der Waals surface area contributed by atoms with E-state index < -0.39 is 60.0 Å². The number of unbranched alkanes of at least 4 members (excludes halogenated alkanes) is 1. The van der Waals surface area contributed by atoms with Crippen LogP contribution in [-0.4, -0.2) is 129 Å². The number of hydrogen-bond donors (Lipinski definition) is 2. The molecule has 4 fully saturated rings. The summed E-state index contributed by atoms with van der Waals surface area (Å²) < 4.78 is 10.7. The number of nitrogens with zero attached hydrogens (tertiary/aromatic N) is 4. The quantitative estimate of drug-likeness (QED) is 0.161. The van der Waals surface area contributed by atoms with Crippen LogP contribution in [0.1, 0.15) is 121 Å². The number of nitrogens with one attached hydrogen (secondary N) is 2. The first-order chi connectivity index (χ1) is 24.1. The van der Waals surface area contributed by atoms with Crippen LogP contribution in [-0.2, 0) is 28.7 Å². The number of esters is 2. The molecule has 0 aliphatic carbocycles. The predicted molar refractivity (Wildman–Crippen MR) is 195 cm³/mol. The standard InChI is InChI=1S/C38H64N6O8/c1-13-33(7)23-37(25(5)35(9,15-3)41(33)11)29(47)43(31(49)39-37)21-27(45)51-19-17-18-20-52-28(46)22-44-30(48)38(40-32(44)50)24-34(8,14-2)42(12)36(10,16-4)26(38)6/h25-26H,13-24H2,1-12H3,(H,39,49)(H,40,50). The number of urea groups is 2. The zero-order valence-corrected chi connectivity index (χ0v) is 33.7. The number of piperidine rings is 2. The molecule has 2 N–H and O–H groups in total. The van der Waals surface area contributed by atoms with Crippen molar-refractivity contribution in [2.45, 2.75) is 154 Å². The first-order valence-corrected chi connectivity index (χ1v) is 19.2. The Morgan fingerprint density at radius 2 is 0.962 bits per heavy atom. The zero-order chi connectivity index (χ0) is 39.2. The second-order valence-electron chi connectivity index (χ2n) is 16.8. The Kier molecular flexibility index (Phi) is 11.6. The summed E-state index contributed by atoms with van der Waals surface area (Å²) in [6, 6.07) is -1.19. The Balaban J connectivity index is 1.25. The van der Waals surface area contributed by atoms with E-state index >= 15 is 0 Å². The van der Waals surface area contributed by atoms with Crippen molar-refractivity contribution in [1.82, 2.24) is 30.2 Å². The first-order valence-electron chi connectivity index (χ1n) is 19.2. The number of likely N-dealkylation sites (tertiary alicyclic amines) is 2. The lowest BCUT2D eigenvalue weighted by atomic mass is 9.60. The molecule has 4 rings (SSSR count). The predicted octanol–water partition coefficient (Wildman–Crippen LogP) is 4.05. The maximum atomic E-state index is 13.9. The summed E-state index contributed by atoms with van der Waals surface area (Å²) in [6.45, 7) is 19.8. The molecule has 4 saturated heterocycles. The highest BCUT2D eigenvalue weighted by atomic mass is 16.5. The minimum absolute atomic E-state index is 0.00243. The molecule has 14 heteroatoms. The van der Waals surface area contributed by atoms with Gasteiger partial charge >= 0.3 is 24.0 Å². The number of amides is 6. The van der Waals surface area contributed by atoms with E-state index in [0.29, 0.717) is 25.7 Å². The number of imide groups is 2. The SMILES string of the molecule is CCC1(C)CC2(NC(=O)N(CC(=O)OCCCCOC(=O)CN3C(=O)NC4(CC(C)(CC)N(C)C(C)(CC)C4C)C3=O)C2=O)C(C)C(C)(CC)N1C. The van der Waals surface area contributed by atoms with Gasteiger partial charge in [0.15, 0.2) is 0 Å². The summed E-state index contributed by atoms with van der Waals surface area (Å²) in [7, 11) is 4.16. The summed E-state index contributed by atoms with van der Waals surface area (Å²) in [6.07, 6.45) is 4.72. The van der Waals surface area contributed by atoms with Crippen LogP contribution in [0.5, 0.6) is 0 Å². The molecule has 0 aromatic carbocycles. The minimum atomic E-state index is -1.12. The van der Waals surface area contributed by atoms with E-state index in [2.05, 4.69) is 89.9 Å². The first kappa shape index (κ1) is 41.5. The lowest BCUT2D eigenvalue weighted by molar-refractivity contribution is -0.156. The Morgan fingerprint density at radius 3 is 1.25 bits per heavy atom. The van der Waals surface area contributed by atoms with E-state index in [1.165, 1.54) is 0 Å². The van der Waals surface area contributed by atoms with Crippen LogP contribution >= 0.6 is 0 Å². The fourth-order valence-corrected chi connectivity index (χ4v) is 9.76. The molecular weight excluding hydrogens is 668 g/mol. The van der Waals surface area contributed by atoms with Gasteiger partial charge in [0.1, 0.15) is 24.2 Å². The summed E-state index contributed by atoms with van der Waals surface area (Å²) in [5, 5.41) is 5.97. The second-order valence-corrected chi connectivity index (χ2v) is 16.8. The molecule has 0 aromatic heterocycles. The summed E-state index contributed by atoms with van der Waals surface area (Å²) in [5.74, 6) is -2.63. The van der Waals surface area contributed by atoms with Crippen LogP contribution < -0.4 is 10.6 Å². The molecule has 0 bridgehead atoms. The van der Waals surface area contributed by atoms with E-state index in [1.54, 1.807) is 0 Å². The molecule has 52 heavy (non-hydrogen) atoms. The van der Waals surface area contributed by atoms with Gasteiger partial charge in [0.2, 0.25) is 0 Å². The summed E-state index contributed by atoms with van der Waals surface area (Å²) in [4.78, 5) is 86.3. The lowest BCUT2D eigenvalue weighted by Gasteiger charge is -2.62. The number of carbonyl (C=O) groups excluding carboxylic acids is 6. The molecule has 8 unspecified atom stereocenters. The van der Waals surface area contributed by atoms with E-state index in [0.717, 1.165) is 35.5 Å². The number of ether oxygens (including phenoxy) is 2. The Bertz CT molecular complexity index is 1350. The topological polar surface area (TPSA) is 158 Å². The van der Waals surface area contributed by atoms with Gasteiger partial charge in [-0.1, -0.05) is 41.5 Å². The van der Waals surface area contributed by atoms with E-state index in [9.17, 15) is 28.8 Å². The van der Waals surface area contributed by atoms with Gasteiger partial charge in [-0.2, -0.15) is 0 Å². The number of carbonyl (C=O) groups is 6. The average molecular weight is 733 g/mol. The van der Waals surface area contributed by atoms with Crippen LogP contribution in [0.15, 0.2) is 0 Å². The van der Waals surface area contributed by atoms with E-state index in [1.807, 2.05) is 13.8 Å².